The van der Waals surface area contributed by atoms with Crippen molar-refractivity contribution in [2.75, 3.05) is 0 Å². The lowest BCUT2D eigenvalue weighted by molar-refractivity contribution is -0.152. The first-order chi connectivity index (χ1) is 10.00. The van der Waals surface area contributed by atoms with E-state index in [4.69, 9.17) is 0 Å². The van der Waals surface area contributed by atoms with Gasteiger partial charge in [0.25, 0.3) is 5.91 Å². The number of hydrogen-bond donors (Lipinski definition) is 2. The number of aromatic nitrogens is 2. The molecule has 1 aliphatic rings. The highest BCUT2D eigenvalue weighted by Crippen LogP contribution is 2.32. The molecular weight excluding hydrogens is 266 g/mol. The van der Waals surface area contributed by atoms with Crippen LogP contribution in [0.5, 0.6) is 0 Å². The minimum atomic E-state index is -1.43. The Morgan fingerprint density at radius 1 is 1.38 bits per heavy atom. The quantitative estimate of drug-likeness (QED) is 0.903. The highest BCUT2D eigenvalue weighted by molar-refractivity contribution is 5.86. The van der Waals surface area contributed by atoms with E-state index in [-0.39, 0.29) is 11.8 Å². The molecule has 2 heterocycles. The van der Waals surface area contributed by atoms with Crippen LogP contribution in [0.15, 0.2) is 36.5 Å². The lowest BCUT2D eigenvalue weighted by Crippen LogP contribution is -2.48. The zero-order chi connectivity index (χ0) is 15.0. The van der Waals surface area contributed by atoms with Crippen molar-refractivity contribution in [3.63, 3.8) is 0 Å². The maximum absolute atomic E-state index is 12.7. The topological polar surface area (TPSA) is 69.2 Å². The molecule has 110 valence electrons. The van der Waals surface area contributed by atoms with Crippen LogP contribution in [0, 0.1) is 0 Å². The molecule has 1 aromatic heterocycles. The van der Waals surface area contributed by atoms with Gasteiger partial charge in [-0.3, -0.25) is 9.89 Å². The molecule has 1 aliphatic heterocycles. The number of rotatable bonds is 3. The van der Waals surface area contributed by atoms with Crippen LogP contribution in [0.25, 0.3) is 0 Å². The number of H-pyrrole nitrogens is 1. The monoisotopic (exact) mass is 285 g/mol. The fourth-order valence-electron chi connectivity index (χ4n) is 2.78. The average Bonchev–Trinajstić information content (AvgIpc) is 3.07. The Bertz CT molecular complexity index is 628. The van der Waals surface area contributed by atoms with Crippen molar-refractivity contribution in [3.8, 4) is 0 Å². The maximum atomic E-state index is 12.7. The molecule has 0 radical (unpaired) electrons. The van der Waals surface area contributed by atoms with Gasteiger partial charge in [0.1, 0.15) is 5.60 Å². The van der Waals surface area contributed by atoms with Gasteiger partial charge in [0.2, 0.25) is 0 Å². The summed E-state index contributed by atoms with van der Waals surface area (Å²) in [5.74, 6) is -0.522. The van der Waals surface area contributed by atoms with Crippen LogP contribution in [0.4, 0.5) is 0 Å². The molecule has 1 amide bonds. The summed E-state index contributed by atoms with van der Waals surface area (Å²) in [6.45, 7) is 4.45. The largest absolute Gasteiger partial charge is 0.380 e. The summed E-state index contributed by atoms with van der Waals surface area (Å²) in [4.78, 5) is 14.4. The molecule has 0 bridgehead atoms. The second-order valence-electron chi connectivity index (χ2n) is 5.81. The van der Waals surface area contributed by atoms with Crippen LogP contribution < -0.4 is 0 Å². The number of carbonyl (C=O) groups is 1. The van der Waals surface area contributed by atoms with Crippen molar-refractivity contribution in [2.24, 2.45) is 0 Å². The molecule has 0 aliphatic carbocycles. The van der Waals surface area contributed by atoms with Crippen LogP contribution in [0.3, 0.4) is 0 Å². The number of amides is 1. The third-order valence-electron chi connectivity index (χ3n) is 4.38. The molecule has 0 saturated carbocycles. The van der Waals surface area contributed by atoms with E-state index in [2.05, 4.69) is 10.2 Å². The van der Waals surface area contributed by atoms with E-state index < -0.39 is 5.60 Å². The summed E-state index contributed by atoms with van der Waals surface area (Å²) in [6.07, 6.45) is 1.73. The fourth-order valence-corrected chi connectivity index (χ4v) is 2.78. The van der Waals surface area contributed by atoms with Gasteiger partial charge in [-0.2, -0.15) is 5.10 Å². The van der Waals surface area contributed by atoms with Crippen LogP contribution in [-0.4, -0.2) is 31.7 Å². The summed E-state index contributed by atoms with van der Waals surface area (Å²) >= 11 is 0. The normalized spacial score (nSPS) is 18.1. The van der Waals surface area contributed by atoms with Gasteiger partial charge in [-0.1, -0.05) is 37.3 Å². The van der Waals surface area contributed by atoms with Crippen molar-refractivity contribution in [3.05, 3.63) is 53.3 Å². The van der Waals surface area contributed by atoms with Gasteiger partial charge in [-0.05, 0) is 12.5 Å². The predicted octanol–water partition coefficient (Wildman–Crippen LogP) is 1.81. The number of benzene rings is 1. The molecule has 0 spiro atoms. The molecule has 3 rings (SSSR count). The Balaban J connectivity index is 1.79. The summed E-state index contributed by atoms with van der Waals surface area (Å²) in [5.41, 5.74) is 1.49. The van der Waals surface area contributed by atoms with E-state index in [1.165, 1.54) is 0 Å². The van der Waals surface area contributed by atoms with E-state index in [9.17, 15) is 9.90 Å². The van der Waals surface area contributed by atoms with Crippen molar-refractivity contribution in [1.29, 1.82) is 0 Å². The molecule has 2 atom stereocenters. The number of aromatic amines is 1. The molecule has 0 saturated heterocycles. The van der Waals surface area contributed by atoms with E-state index in [1.54, 1.807) is 18.0 Å². The van der Waals surface area contributed by atoms with E-state index in [0.717, 1.165) is 16.8 Å². The summed E-state index contributed by atoms with van der Waals surface area (Å²) in [5, 5.41) is 17.6. The Morgan fingerprint density at radius 2 is 2.10 bits per heavy atom. The van der Waals surface area contributed by atoms with Gasteiger partial charge >= 0.3 is 0 Å². The first kappa shape index (κ1) is 13.8. The number of aliphatic hydroxyl groups is 1. The van der Waals surface area contributed by atoms with E-state index in [0.29, 0.717) is 13.1 Å². The highest BCUT2D eigenvalue weighted by atomic mass is 16.3. The van der Waals surface area contributed by atoms with Gasteiger partial charge in [0.15, 0.2) is 0 Å². The molecule has 1 aromatic carbocycles. The zero-order valence-electron chi connectivity index (χ0n) is 12.2. The number of carbonyl (C=O) groups excluding carboxylic acids is 1. The van der Waals surface area contributed by atoms with Gasteiger partial charge < -0.3 is 10.0 Å². The van der Waals surface area contributed by atoms with Crippen molar-refractivity contribution >= 4 is 5.91 Å². The minimum Gasteiger partial charge on any atom is -0.380 e. The molecule has 21 heavy (non-hydrogen) atoms. The fraction of sp³-hybridized carbons (Fsp3) is 0.375. The lowest BCUT2D eigenvalue weighted by atomic mass is 9.84. The van der Waals surface area contributed by atoms with Gasteiger partial charge in [-0.15, -0.1) is 0 Å². The third kappa shape index (κ3) is 2.34. The molecule has 2 aromatic rings. The van der Waals surface area contributed by atoms with Gasteiger partial charge in [-0.25, -0.2) is 0 Å². The standard InChI is InChI=1S/C16H19N3O2/c1-11(12-6-4-3-5-7-12)16(2,21)15(20)19-9-13-8-17-18-14(13)10-19/h3-8,11,21H,9-10H2,1-2H3,(H,17,18). The van der Waals surface area contributed by atoms with Crippen LogP contribution in [0.2, 0.25) is 0 Å². The molecule has 2 unspecified atom stereocenters. The highest BCUT2D eigenvalue weighted by Gasteiger charge is 2.42. The first-order valence-electron chi connectivity index (χ1n) is 7.08. The van der Waals surface area contributed by atoms with Gasteiger partial charge in [0, 0.05) is 18.0 Å². The Hall–Kier alpha value is -2.14. The molecule has 5 heteroatoms. The minimum absolute atomic E-state index is 0.247. The predicted molar refractivity (Wildman–Crippen MR) is 78.3 cm³/mol. The maximum Gasteiger partial charge on any atom is 0.255 e. The Labute approximate surface area is 123 Å². The Kier molecular flexibility index (Phi) is 3.29. The molecule has 5 nitrogen and oxygen atoms in total. The number of hydrogen-bond acceptors (Lipinski definition) is 3. The van der Waals surface area contributed by atoms with Gasteiger partial charge in [0.05, 0.1) is 18.4 Å². The zero-order valence-corrected chi connectivity index (χ0v) is 12.2. The smallest absolute Gasteiger partial charge is 0.255 e. The van der Waals surface area contributed by atoms with Crippen LogP contribution in [0.1, 0.15) is 36.6 Å². The summed E-state index contributed by atoms with van der Waals surface area (Å²) < 4.78 is 0. The van der Waals surface area contributed by atoms with Crippen molar-refractivity contribution in [2.45, 2.75) is 38.5 Å². The number of fused-ring (bicyclic) bond motifs is 1. The summed E-state index contributed by atoms with van der Waals surface area (Å²) in [7, 11) is 0. The molecule has 0 fully saturated rings. The number of nitrogens with zero attached hydrogens (tertiary/aromatic N) is 2. The molecular formula is C16H19N3O2. The second-order valence-corrected chi connectivity index (χ2v) is 5.81. The SMILES string of the molecule is CC(c1ccccc1)C(C)(O)C(=O)N1Cc2cn[nH]c2C1. The third-order valence-corrected chi connectivity index (χ3v) is 4.38. The van der Waals surface area contributed by atoms with Crippen LogP contribution in [-0.2, 0) is 17.9 Å². The molecule has 2 N–H and O–H groups in total. The average molecular weight is 285 g/mol. The lowest BCUT2D eigenvalue weighted by Gasteiger charge is -2.33. The second kappa shape index (κ2) is 5.00. The van der Waals surface area contributed by atoms with Crippen molar-refractivity contribution < 1.29 is 9.90 Å². The number of nitrogens with one attached hydrogen (secondary N) is 1. The van der Waals surface area contributed by atoms with E-state index in [1.807, 2.05) is 37.3 Å². The van der Waals surface area contributed by atoms with Crippen LogP contribution >= 0.6 is 0 Å². The first-order valence-corrected chi connectivity index (χ1v) is 7.08. The summed E-state index contributed by atoms with van der Waals surface area (Å²) in [6, 6.07) is 9.62. The van der Waals surface area contributed by atoms with E-state index >= 15 is 0 Å². The van der Waals surface area contributed by atoms with Crippen molar-refractivity contribution in [1.82, 2.24) is 15.1 Å². The Morgan fingerprint density at radius 3 is 2.76 bits per heavy atom.